The van der Waals surface area contributed by atoms with Crippen molar-refractivity contribution >= 4 is 21.4 Å². The lowest BCUT2D eigenvalue weighted by atomic mass is 10.0. The van der Waals surface area contributed by atoms with Crippen LogP contribution in [0.15, 0.2) is 18.2 Å². The number of rotatable bonds is 5. The molecule has 0 bridgehead atoms. The van der Waals surface area contributed by atoms with Gasteiger partial charge in [-0.3, -0.25) is 9.69 Å². The van der Waals surface area contributed by atoms with Gasteiger partial charge in [0.15, 0.2) is 9.84 Å². The maximum Gasteiger partial charge on any atom is 0.241 e. The van der Waals surface area contributed by atoms with E-state index in [1.54, 1.807) is 4.90 Å². The van der Waals surface area contributed by atoms with E-state index in [4.69, 9.17) is 0 Å². The normalized spacial score (nSPS) is 26.0. The van der Waals surface area contributed by atoms with Crippen molar-refractivity contribution in [2.75, 3.05) is 29.5 Å². The second kappa shape index (κ2) is 7.08. The maximum atomic E-state index is 12.9. The van der Waals surface area contributed by atoms with Crippen LogP contribution in [0, 0.1) is 13.8 Å². The summed E-state index contributed by atoms with van der Waals surface area (Å²) in [6.45, 7) is 7.32. The molecular formula is C19H28N2O3S. The third kappa shape index (κ3) is 3.75. The Morgan fingerprint density at radius 1 is 1.08 bits per heavy atom. The minimum absolute atomic E-state index is 0.0121. The number of fused-ring (bicyclic) bond motifs is 1. The van der Waals surface area contributed by atoms with Crippen molar-refractivity contribution in [3.63, 3.8) is 0 Å². The van der Waals surface area contributed by atoms with E-state index in [1.807, 2.05) is 32.0 Å². The van der Waals surface area contributed by atoms with E-state index < -0.39 is 9.84 Å². The lowest BCUT2D eigenvalue weighted by Crippen LogP contribution is -2.62. The lowest BCUT2D eigenvalue weighted by molar-refractivity contribution is -0.123. The van der Waals surface area contributed by atoms with E-state index in [2.05, 4.69) is 11.8 Å². The highest BCUT2D eigenvalue weighted by atomic mass is 32.2. The topological polar surface area (TPSA) is 57.7 Å². The molecule has 2 saturated heterocycles. The van der Waals surface area contributed by atoms with E-state index in [0.717, 1.165) is 37.1 Å². The summed E-state index contributed by atoms with van der Waals surface area (Å²) in [4.78, 5) is 16.7. The predicted molar refractivity (Wildman–Crippen MR) is 101 cm³/mol. The minimum atomic E-state index is -3.11. The smallest absolute Gasteiger partial charge is 0.241 e. The Hall–Kier alpha value is -1.40. The first kappa shape index (κ1) is 18.4. The number of amides is 1. The number of piperazine rings is 1. The number of carbonyl (C=O) groups excluding carboxylic acids is 1. The number of unbranched alkanes of at least 4 members (excludes halogenated alkanes) is 2. The molecule has 6 heteroatoms. The van der Waals surface area contributed by atoms with Crippen molar-refractivity contribution in [1.82, 2.24) is 4.90 Å². The summed E-state index contributed by atoms with van der Waals surface area (Å²) in [5.41, 5.74) is 3.12. The summed E-state index contributed by atoms with van der Waals surface area (Å²) in [6.07, 6.45) is 3.23. The number of hydrogen-bond donors (Lipinski definition) is 0. The Labute approximate surface area is 150 Å². The van der Waals surface area contributed by atoms with Gasteiger partial charge in [-0.25, -0.2) is 8.42 Å². The van der Waals surface area contributed by atoms with Gasteiger partial charge in [-0.1, -0.05) is 25.8 Å². The van der Waals surface area contributed by atoms with Crippen LogP contribution in [0.1, 0.15) is 37.3 Å². The molecular weight excluding hydrogens is 336 g/mol. The van der Waals surface area contributed by atoms with E-state index >= 15 is 0 Å². The van der Waals surface area contributed by atoms with Crippen molar-refractivity contribution < 1.29 is 13.2 Å². The second-order valence-corrected chi connectivity index (χ2v) is 9.58. The molecule has 0 radical (unpaired) electrons. The van der Waals surface area contributed by atoms with Crippen LogP contribution in [0.3, 0.4) is 0 Å². The summed E-state index contributed by atoms with van der Waals surface area (Å²) >= 11 is 0. The highest BCUT2D eigenvalue weighted by Gasteiger charge is 2.49. The van der Waals surface area contributed by atoms with Crippen LogP contribution >= 0.6 is 0 Å². The van der Waals surface area contributed by atoms with Crippen LogP contribution in [0.5, 0.6) is 0 Å². The van der Waals surface area contributed by atoms with Crippen molar-refractivity contribution in [1.29, 1.82) is 0 Å². The molecule has 0 aromatic heterocycles. The highest BCUT2D eigenvalue weighted by molar-refractivity contribution is 7.91. The molecule has 2 aliphatic rings. The second-order valence-electron chi connectivity index (χ2n) is 7.42. The first-order valence-corrected chi connectivity index (χ1v) is 11.0. The average Bonchev–Trinajstić information content (AvgIpc) is 2.86. The molecule has 1 amide bonds. The molecule has 0 unspecified atom stereocenters. The molecule has 0 saturated carbocycles. The van der Waals surface area contributed by atoms with E-state index in [0.29, 0.717) is 6.54 Å². The van der Waals surface area contributed by atoms with Crippen LogP contribution in [0.2, 0.25) is 0 Å². The average molecular weight is 365 g/mol. The molecule has 2 heterocycles. The van der Waals surface area contributed by atoms with Crippen molar-refractivity contribution in [3.05, 3.63) is 29.3 Å². The summed E-state index contributed by atoms with van der Waals surface area (Å²) in [5, 5.41) is 0. The van der Waals surface area contributed by atoms with Gasteiger partial charge in [0.05, 0.1) is 24.1 Å². The summed E-state index contributed by atoms with van der Waals surface area (Å²) in [6, 6.07) is 5.59. The zero-order chi connectivity index (χ0) is 18.2. The third-order valence-corrected chi connectivity index (χ3v) is 7.22. The summed E-state index contributed by atoms with van der Waals surface area (Å²) in [7, 11) is -3.11. The van der Waals surface area contributed by atoms with Crippen LogP contribution in [0.4, 0.5) is 5.69 Å². The molecule has 2 atom stereocenters. The molecule has 25 heavy (non-hydrogen) atoms. The van der Waals surface area contributed by atoms with Gasteiger partial charge in [0, 0.05) is 11.7 Å². The van der Waals surface area contributed by atoms with Gasteiger partial charge in [-0.05, 0) is 50.1 Å². The number of sulfone groups is 1. The summed E-state index contributed by atoms with van der Waals surface area (Å²) < 4.78 is 24.6. The summed E-state index contributed by atoms with van der Waals surface area (Å²) in [5.74, 6) is 0.247. The molecule has 138 valence electrons. The van der Waals surface area contributed by atoms with Gasteiger partial charge in [-0.2, -0.15) is 0 Å². The van der Waals surface area contributed by atoms with Gasteiger partial charge in [0.2, 0.25) is 5.91 Å². The zero-order valence-corrected chi connectivity index (χ0v) is 16.2. The van der Waals surface area contributed by atoms with Gasteiger partial charge in [0.1, 0.15) is 0 Å². The van der Waals surface area contributed by atoms with Gasteiger partial charge >= 0.3 is 0 Å². The Morgan fingerprint density at radius 2 is 1.80 bits per heavy atom. The molecule has 5 nitrogen and oxygen atoms in total. The van der Waals surface area contributed by atoms with Crippen molar-refractivity contribution in [2.24, 2.45) is 0 Å². The number of anilines is 1. The largest absolute Gasteiger partial charge is 0.306 e. The minimum Gasteiger partial charge on any atom is -0.306 e. The number of nitrogens with zero attached hydrogens (tertiary/aromatic N) is 2. The first-order valence-electron chi connectivity index (χ1n) is 9.16. The molecule has 3 rings (SSSR count). The third-order valence-electron chi connectivity index (χ3n) is 5.52. The predicted octanol–water partition coefficient (Wildman–Crippen LogP) is 2.31. The Kier molecular flexibility index (Phi) is 5.21. The van der Waals surface area contributed by atoms with Crippen LogP contribution < -0.4 is 4.90 Å². The van der Waals surface area contributed by atoms with E-state index in [-0.39, 0.29) is 29.5 Å². The highest BCUT2D eigenvalue weighted by Crippen LogP contribution is 2.32. The van der Waals surface area contributed by atoms with Crippen LogP contribution in [-0.4, -0.2) is 55.9 Å². The fraction of sp³-hybridized carbons (Fsp3) is 0.632. The maximum absolute atomic E-state index is 12.9. The number of hydrogen-bond acceptors (Lipinski definition) is 4. The molecule has 0 aliphatic carbocycles. The number of benzene rings is 1. The van der Waals surface area contributed by atoms with Crippen LogP contribution in [0.25, 0.3) is 0 Å². The molecule has 1 aromatic rings. The Balaban J connectivity index is 1.90. The first-order chi connectivity index (χ1) is 11.8. The van der Waals surface area contributed by atoms with E-state index in [9.17, 15) is 13.2 Å². The Bertz CT molecular complexity index is 760. The van der Waals surface area contributed by atoms with Crippen molar-refractivity contribution in [3.8, 4) is 0 Å². The van der Waals surface area contributed by atoms with Gasteiger partial charge < -0.3 is 4.90 Å². The standard InChI is InChI=1S/C19H28N2O3S/c1-4-5-6-9-20-11-19(22)21(16-8-7-14(2)15(3)10-16)18-13-25(23,24)12-17(18)20/h7-8,10,17-18H,4-6,9,11-13H2,1-3H3/t17-,18+/m0/s1. The quantitative estimate of drug-likeness (QED) is 0.753. The number of aryl methyl sites for hydroxylation is 2. The van der Waals surface area contributed by atoms with Crippen LogP contribution in [-0.2, 0) is 14.6 Å². The van der Waals surface area contributed by atoms with Gasteiger partial charge in [-0.15, -0.1) is 0 Å². The zero-order valence-electron chi connectivity index (χ0n) is 15.4. The number of carbonyl (C=O) groups is 1. The van der Waals surface area contributed by atoms with E-state index in [1.165, 1.54) is 5.56 Å². The fourth-order valence-electron chi connectivity index (χ4n) is 3.98. The lowest BCUT2D eigenvalue weighted by Gasteiger charge is -2.43. The van der Waals surface area contributed by atoms with Crippen molar-refractivity contribution in [2.45, 2.75) is 52.1 Å². The molecule has 2 fully saturated rings. The monoisotopic (exact) mass is 364 g/mol. The molecule has 2 aliphatic heterocycles. The molecule has 0 spiro atoms. The molecule has 1 aromatic carbocycles. The van der Waals surface area contributed by atoms with Gasteiger partial charge in [0.25, 0.3) is 0 Å². The molecule has 0 N–H and O–H groups in total. The Morgan fingerprint density at radius 3 is 2.48 bits per heavy atom. The SMILES string of the molecule is CCCCCN1CC(=O)N(c2ccc(C)c(C)c2)[C@@H]2CS(=O)(=O)C[C@@H]21. The fourth-order valence-corrected chi connectivity index (χ4v) is 5.96.